The van der Waals surface area contributed by atoms with Crippen molar-refractivity contribution in [3.8, 4) is 11.4 Å². The van der Waals surface area contributed by atoms with Crippen LogP contribution in [0.4, 0.5) is 18.9 Å². The van der Waals surface area contributed by atoms with Gasteiger partial charge in [-0.25, -0.2) is 9.89 Å². The average molecular weight is 405 g/mol. The van der Waals surface area contributed by atoms with Crippen LogP contribution >= 0.6 is 0 Å². The molecule has 1 aromatic heterocycles. The van der Waals surface area contributed by atoms with Crippen LogP contribution in [-0.4, -0.2) is 41.0 Å². The average Bonchev–Trinajstić information content (AvgIpc) is 3.00. The number of hydrogen-bond donors (Lipinski definition) is 3. The zero-order valence-corrected chi connectivity index (χ0v) is 15.1. The maximum Gasteiger partial charge on any atom is 0.416 e. The Morgan fingerprint density at radius 3 is 2.63 bits per heavy atom. The van der Waals surface area contributed by atoms with E-state index < -0.39 is 27.6 Å². The number of anilines is 1. The Morgan fingerprint density at radius 1 is 1.30 bits per heavy atom. The number of rotatable bonds is 4. The van der Waals surface area contributed by atoms with Crippen LogP contribution in [0.5, 0.6) is 0 Å². The first-order chi connectivity index (χ1) is 12.5. The summed E-state index contributed by atoms with van der Waals surface area (Å²) < 4.78 is 68.2. The third-order valence-corrected chi connectivity index (χ3v) is 5.75. The standard InChI is InChI=1S/C15H18F3N5O3S/c1-9-3-2-4-23(8-9)27(25,26)22-12-6-10(13-19-14(24)21-20-13)5-11(7-12)15(16,17)18/h5-7,9,22H,2-4,8H2,1H3,(H2,19,20,21,24). The number of piperidine rings is 1. The van der Waals surface area contributed by atoms with Crippen LogP contribution in [0.25, 0.3) is 11.4 Å². The molecule has 27 heavy (non-hydrogen) atoms. The number of alkyl halides is 3. The van der Waals surface area contributed by atoms with Gasteiger partial charge in [-0.15, -0.1) is 0 Å². The molecule has 0 radical (unpaired) electrons. The van der Waals surface area contributed by atoms with Crippen LogP contribution in [0.1, 0.15) is 25.3 Å². The molecule has 1 saturated heterocycles. The maximum absolute atomic E-state index is 13.2. The zero-order valence-electron chi connectivity index (χ0n) is 14.3. The summed E-state index contributed by atoms with van der Waals surface area (Å²) in [7, 11) is -4.01. The van der Waals surface area contributed by atoms with Gasteiger partial charge in [-0.05, 0) is 37.0 Å². The normalized spacial score (nSPS) is 19.2. The van der Waals surface area contributed by atoms with Gasteiger partial charge in [-0.2, -0.15) is 31.0 Å². The van der Waals surface area contributed by atoms with Crippen LogP contribution in [0, 0.1) is 5.92 Å². The topological polar surface area (TPSA) is 111 Å². The molecule has 1 aliphatic heterocycles. The lowest BCUT2D eigenvalue weighted by molar-refractivity contribution is -0.137. The van der Waals surface area contributed by atoms with Gasteiger partial charge in [-0.3, -0.25) is 9.71 Å². The van der Waals surface area contributed by atoms with Gasteiger partial charge in [0.1, 0.15) is 0 Å². The summed E-state index contributed by atoms with van der Waals surface area (Å²) in [5.41, 5.74) is -2.09. The van der Waals surface area contributed by atoms with Crippen molar-refractivity contribution in [1.29, 1.82) is 0 Å². The molecule has 1 atom stereocenters. The first kappa shape index (κ1) is 19.4. The molecule has 0 bridgehead atoms. The summed E-state index contributed by atoms with van der Waals surface area (Å²) >= 11 is 0. The van der Waals surface area contributed by atoms with Crippen molar-refractivity contribution < 1.29 is 21.6 Å². The molecule has 1 fully saturated rings. The highest BCUT2D eigenvalue weighted by molar-refractivity contribution is 7.90. The number of H-pyrrole nitrogens is 2. The highest BCUT2D eigenvalue weighted by Crippen LogP contribution is 2.34. The zero-order chi connectivity index (χ0) is 19.8. The van der Waals surface area contributed by atoms with Gasteiger partial charge in [0, 0.05) is 18.7 Å². The molecular formula is C15H18F3N5O3S. The minimum absolute atomic E-state index is 0.0760. The fraction of sp³-hybridized carbons (Fsp3) is 0.467. The number of hydrogen-bond acceptors (Lipinski definition) is 4. The minimum Gasteiger partial charge on any atom is -0.289 e. The molecule has 3 N–H and O–H groups in total. The molecule has 12 heteroatoms. The first-order valence-corrected chi connectivity index (χ1v) is 9.64. The monoisotopic (exact) mass is 405 g/mol. The Morgan fingerprint density at radius 2 is 2.04 bits per heavy atom. The Balaban J connectivity index is 1.98. The molecule has 0 saturated carbocycles. The van der Waals surface area contributed by atoms with E-state index in [1.165, 1.54) is 10.4 Å². The third kappa shape index (κ3) is 4.50. The number of halogens is 3. The summed E-state index contributed by atoms with van der Waals surface area (Å²) in [6.45, 7) is 2.52. The number of nitrogens with zero attached hydrogens (tertiary/aromatic N) is 2. The Bertz CT molecular complexity index is 983. The molecule has 2 heterocycles. The van der Waals surface area contributed by atoms with E-state index >= 15 is 0 Å². The lowest BCUT2D eigenvalue weighted by atomic mass is 10.0. The van der Waals surface area contributed by atoms with Gasteiger partial charge >= 0.3 is 22.1 Å². The lowest BCUT2D eigenvalue weighted by Crippen LogP contribution is -2.42. The van der Waals surface area contributed by atoms with Gasteiger partial charge in [-0.1, -0.05) is 6.92 Å². The highest BCUT2D eigenvalue weighted by atomic mass is 32.2. The van der Waals surface area contributed by atoms with Gasteiger partial charge < -0.3 is 0 Å². The van der Waals surface area contributed by atoms with Gasteiger partial charge in [0.2, 0.25) is 0 Å². The van der Waals surface area contributed by atoms with Crippen molar-refractivity contribution in [2.75, 3.05) is 17.8 Å². The molecule has 1 aromatic carbocycles. The molecular weight excluding hydrogens is 387 g/mol. The summed E-state index contributed by atoms with van der Waals surface area (Å²) in [6.07, 6.45) is -3.12. The fourth-order valence-corrected chi connectivity index (χ4v) is 4.34. The number of benzene rings is 1. The minimum atomic E-state index is -4.70. The maximum atomic E-state index is 13.2. The highest BCUT2D eigenvalue weighted by Gasteiger charge is 2.33. The molecule has 3 rings (SSSR count). The summed E-state index contributed by atoms with van der Waals surface area (Å²) in [5, 5.41) is 5.66. The van der Waals surface area contributed by atoms with Crippen molar-refractivity contribution in [2.45, 2.75) is 25.9 Å². The van der Waals surface area contributed by atoms with Crippen LogP contribution in [-0.2, 0) is 16.4 Å². The second kappa shape index (κ2) is 7.00. The van der Waals surface area contributed by atoms with E-state index in [-0.39, 0.29) is 23.0 Å². The molecule has 8 nitrogen and oxygen atoms in total. The van der Waals surface area contributed by atoms with E-state index in [1.54, 1.807) is 0 Å². The van der Waals surface area contributed by atoms with E-state index in [0.29, 0.717) is 25.6 Å². The van der Waals surface area contributed by atoms with Crippen LogP contribution in [0.3, 0.4) is 0 Å². The number of aromatic nitrogens is 3. The van der Waals surface area contributed by atoms with E-state index in [1.807, 2.05) is 6.92 Å². The molecule has 0 spiro atoms. The van der Waals surface area contributed by atoms with E-state index in [2.05, 4.69) is 19.9 Å². The predicted octanol–water partition coefficient (Wildman–Crippen LogP) is 2.17. The van der Waals surface area contributed by atoms with E-state index in [0.717, 1.165) is 12.5 Å². The van der Waals surface area contributed by atoms with Crippen LogP contribution < -0.4 is 10.4 Å². The van der Waals surface area contributed by atoms with Crippen LogP contribution in [0.2, 0.25) is 0 Å². The molecule has 1 unspecified atom stereocenters. The summed E-state index contributed by atoms with van der Waals surface area (Å²) in [5.74, 6) is 0.0414. The van der Waals surface area contributed by atoms with Crippen molar-refractivity contribution in [1.82, 2.24) is 19.5 Å². The molecule has 148 valence electrons. The SMILES string of the molecule is CC1CCCN(S(=O)(=O)Nc2cc(-c3n[nH]c(=O)[nH]3)cc(C(F)(F)F)c2)C1. The van der Waals surface area contributed by atoms with Crippen LogP contribution in [0.15, 0.2) is 23.0 Å². The van der Waals surface area contributed by atoms with Crippen molar-refractivity contribution in [3.05, 3.63) is 34.2 Å². The number of aromatic amines is 2. The Labute approximate surface area is 153 Å². The Kier molecular flexibility index (Phi) is 5.04. The molecule has 0 amide bonds. The smallest absolute Gasteiger partial charge is 0.289 e. The van der Waals surface area contributed by atoms with Gasteiger partial charge in [0.05, 0.1) is 11.3 Å². The fourth-order valence-electron chi connectivity index (χ4n) is 2.97. The second-order valence-electron chi connectivity index (χ2n) is 6.54. The summed E-state index contributed by atoms with van der Waals surface area (Å²) in [4.78, 5) is 13.4. The molecule has 0 aliphatic carbocycles. The molecule has 2 aromatic rings. The largest absolute Gasteiger partial charge is 0.416 e. The van der Waals surface area contributed by atoms with Crippen molar-refractivity contribution in [2.24, 2.45) is 5.92 Å². The first-order valence-electron chi connectivity index (χ1n) is 8.20. The Hall–Kier alpha value is -2.34. The second-order valence-corrected chi connectivity index (χ2v) is 8.21. The third-order valence-electron chi connectivity index (χ3n) is 4.24. The lowest BCUT2D eigenvalue weighted by Gasteiger charge is -2.30. The van der Waals surface area contributed by atoms with Gasteiger partial charge in [0.25, 0.3) is 0 Å². The van der Waals surface area contributed by atoms with Crippen molar-refractivity contribution in [3.63, 3.8) is 0 Å². The predicted molar refractivity (Wildman–Crippen MR) is 92.2 cm³/mol. The number of nitrogens with one attached hydrogen (secondary N) is 3. The molecule has 1 aliphatic rings. The van der Waals surface area contributed by atoms with E-state index in [9.17, 15) is 26.4 Å². The quantitative estimate of drug-likeness (QED) is 0.724. The van der Waals surface area contributed by atoms with Crippen molar-refractivity contribution >= 4 is 15.9 Å². The summed E-state index contributed by atoms with van der Waals surface area (Å²) in [6, 6.07) is 2.68. The van der Waals surface area contributed by atoms with E-state index in [4.69, 9.17) is 0 Å². The van der Waals surface area contributed by atoms with Gasteiger partial charge in [0.15, 0.2) is 5.82 Å².